The lowest BCUT2D eigenvalue weighted by molar-refractivity contribution is -0.935. The van der Waals surface area contributed by atoms with Crippen LogP contribution in [0.4, 0.5) is 0 Å². The Bertz CT molecular complexity index is 619. The molecule has 2 N–H and O–H groups in total. The van der Waals surface area contributed by atoms with Gasteiger partial charge in [0.25, 0.3) is 0 Å². The Morgan fingerprint density at radius 3 is 2.05 bits per heavy atom. The van der Waals surface area contributed by atoms with Crippen molar-refractivity contribution in [1.29, 1.82) is 0 Å². The molecule has 0 radical (unpaired) electrons. The van der Waals surface area contributed by atoms with E-state index in [1.54, 1.807) is 6.92 Å². The van der Waals surface area contributed by atoms with Gasteiger partial charge in [-0.1, -0.05) is 60.7 Å². The molecule has 22 heavy (non-hydrogen) atoms. The second-order valence-electron chi connectivity index (χ2n) is 6.08. The zero-order valence-electron chi connectivity index (χ0n) is 12.5. The molecule has 0 amide bonds. The van der Waals surface area contributed by atoms with Gasteiger partial charge in [0.05, 0.1) is 0 Å². The van der Waals surface area contributed by atoms with Crippen molar-refractivity contribution in [2.24, 2.45) is 0 Å². The van der Waals surface area contributed by atoms with Crippen LogP contribution >= 0.6 is 0 Å². The first kappa shape index (κ1) is 15.2. The summed E-state index contributed by atoms with van der Waals surface area (Å²) in [4.78, 5) is 0. The van der Waals surface area contributed by atoms with Crippen LogP contribution in [0.15, 0.2) is 60.7 Å². The lowest BCUT2D eigenvalue weighted by Gasteiger charge is -2.48. The van der Waals surface area contributed by atoms with Gasteiger partial charge < -0.3 is 20.1 Å². The fraction of sp³-hybridized carbons (Fsp3) is 0.333. The third-order valence-corrected chi connectivity index (χ3v) is 4.74. The average molecular weight is 299 g/mol. The third-order valence-electron chi connectivity index (χ3n) is 4.74. The van der Waals surface area contributed by atoms with Crippen molar-refractivity contribution < 1.29 is 14.9 Å². The number of nitrogens with zero attached hydrogens (tertiary/aromatic N) is 1. The number of quaternary nitrogens is 1. The number of rotatable bonds is 3. The SMILES string of the molecule is C[C@@H]1[C@@H](O)[C@@H](O)[C@@H](c2ccccc2)[N+]1([O-])Cc1ccccc1. The molecule has 1 fully saturated rings. The number of likely N-dealkylation sites (tertiary alicyclic amines) is 1. The first-order chi connectivity index (χ1) is 10.5. The van der Waals surface area contributed by atoms with E-state index in [9.17, 15) is 15.4 Å². The number of hydrogen-bond acceptors (Lipinski definition) is 3. The molecule has 1 aliphatic rings. The van der Waals surface area contributed by atoms with E-state index >= 15 is 0 Å². The minimum Gasteiger partial charge on any atom is -0.632 e. The van der Waals surface area contributed by atoms with Crippen molar-refractivity contribution in [1.82, 2.24) is 0 Å². The van der Waals surface area contributed by atoms with Crippen LogP contribution in [-0.4, -0.2) is 33.1 Å². The summed E-state index contributed by atoms with van der Waals surface area (Å²) in [5.41, 5.74) is 1.68. The molecule has 0 bridgehead atoms. The quantitative estimate of drug-likeness (QED) is 0.675. The van der Waals surface area contributed by atoms with Gasteiger partial charge in [0.1, 0.15) is 30.8 Å². The minimum atomic E-state index is -1.06. The Kier molecular flexibility index (Phi) is 4.02. The summed E-state index contributed by atoms with van der Waals surface area (Å²) in [5, 5.41) is 34.2. The van der Waals surface area contributed by atoms with Gasteiger partial charge in [0.15, 0.2) is 0 Å². The van der Waals surface area contributed by atoms with E-state index < -0.39 is 28.9 Å². The standard InChI is InChI=1S/C18H21NO3/c1-13-17(20)18(21)16(15-10-6-3-7-11-15)19(13,22)12-14-8-4-2-5-9-14/h2-11,13,16-18,20-21H,12H2,1H3/t13-,16-,17-,18+,19?/m1/s1. The van der Waals surface area contributed by atoms with E-state index in [-0.39, 0.29) is 6.54 Å². The number of benzene rings is 2. The topological polar surface area (TPSA) is 63.5 Å². The average Bonchev–Trinajstić information content (AvgIpc) is 2.70. The van der Waals surface area contributed by atoms with Gasteiger partial charge in [-0.15, -0.1) is 0 Å². The fourth-order valence-electron chi connectivity index (χ4n) is 3.45. The third kappa shape index (κ3) is 2.44. The van der Waals surface area contributed by atoms with Crippen LogP contribution in [0.5, 0.6) is 0 Å². The van der Waals surface area contributed by atoms with Crippen molar-refractivity contribution in [2.75, 3.05) is 0 Å². The molecule has 1 unspecified atom stereocenters. The molecule has 4 nitrogen and oxygen atoms in total. The van der Waals surface area contributed by atoms with E-state index in [1.165, 1.54) is 0 Å². The maximum Gasteiger partial charge on any atom is 0.144 e. The molecular formula is C18H21NO3. The van der Waals surface area contributed by atoms with E-state index in [4.69, 9.17) is 0 Å². The van der Waals surface area contributed by atoms with Crippen LogP contribution in [-0.2, 0) is 6.54 Å². The molecule has 5 atom stereocenters. The number of hydrogen-bond donors (Lipinski definition) is 2. The second-order valence-corrected chi connectivity index (χ2v) is 6.08. The largest absolute Gasteiger partial charge is 0.632 e. The molecule has 0 aromatic heterocycles. The Morgan fingerprint density at radius 2 is 1.45 bits per heavy atom. The van der Waals surface area contributed by atoms with Crippen molar-refractivity contribution in [3.63, 3.8) is 0 Å². The Hall–Kier alpha value is -1.72. The first-order valence-electron chi connectivity index (χ1n) is 7.57. The summed E-state index contributed by atoms with van der Waals surface area (Å²) < 4.78 is -0.643. The predicted octanol–water partition coefficient (Wildman–Crippen LogP) is 2.37. The molecule has 0 aliphatic carbocycles. The van der Waals surface area contributed by atoms with Crippen molar-refractivity contribution in [2.45, 2.75) is 37.8 Å². The highest BCUT2D eigenvalue weighted by Gasteiger charge is 2.54. The maximum atomic E-state index is 13.6. The molecule has 1 heterocycles. The highest BCUT2D eigenvalue weighted by molar-refractivity contribution is 5.22. The summed E-state index contributed by atoms with van der Waals surface area (Å²) in [6, 6.07) is 17.5. The zero-order chi connectivity index (χ0) is 15.7. The van der Waals surface area contributed by atoms with E-state index in [0.717, 1.165) is 11.1 Å². The molecule has 0 saturated carbocycles. The second kappa shape index (κ2) is 5.82. The van der Waals surface area contributed by atoms with Crippen LogP contribution in [0.3, 0.4) is 0 Å². The van der Waals surface area contributed by atoms with Gasteiger partial charge in [-0.2, -0.15) is 0 Å². The van der Waals surface area contributed by atoms with E-state index in [0.29, 0.717) is 0 Å². The van der Waals surface area contributed by atoms with Crippen molar-refractivity contribution >= 4 is 0 Å². The highest BCUT2D eigenvalue weighted by Crippen LogP contribution is 2.44. The van der Waals surface area contributed by atoms with Crippen LogP contribution in [0, 0.1) is 5.21 Å². The molecular weight excluding hydrogens is 278 g/mol. The summed E-state index contributed by atoms with van der Waals surface area (Å²) >= 11 is 0. The summed E-state index contributed by atoms with van der Waals surface area (Å²) in [6.07, 6.45) is -2.08. The van der Waals surface area contributed by atoms with Gasteiger partial charge in [0.2, 0.25) is 0 Å². The van der Waals surface area contributed by atoms with Crippen molar-refractivity contribution in [3.05, 3.63) is 77.0 Å². The lowest BCUT2D eigenvalue weighted by atomic mass is 10.0. The van der Waals surface area contributed by atoms with Gasteiger partial charge in [-0.05, 0) is 6.92 Å². The van der Waals surface area contributed by atoms with Crippen LogP contribution in [0.1, 0.15) is 24.1 Å². The first-order valence-corrected chi connectivity index (χ1v) is 7.57. The van der Waals surface area contributed by atoms with Gasteiger partial charge >= 0.3 is 0 Å². The van der Waals surface area contributed by atoms with E-state index in [2.05, 4.69) is 0 Å². The molecule has 4 heteroatoms. The van der Waals surface area contributed by atoms with Gasteiger partial charge in [0, 0.05) is 11.1 Å². The van der Waals surface area contributed by atoms with E-state index in [1.807, 2.05) is 60.7 Å². The molecule has 1 saturated heterocycles. The number of hydroxylamine groups is 3. The highest BCUT2D eigenvalue weighted by atomic mass is 16.6. The molecule has 2 aromatic carbocycles. The van der Waals surface area contributed by atoms with Crippen LogP contribution in [0.25, 0.3) is 0 Å². The van der Waals surface area contributed by atoms with Gasteiger partial charge in [-0.25, -0.2) is 0 Å². The lowest BCUT2D eigenvalue weighted by Crippen LogP contribution is -2.48. The summed E-state index contributed by atoms with van der Waals surface area (Å²) in [7, 11) is 0. The molecule has 0 spiro atoms. The minimum absolute atomic E-state index is 0.232. The smallest absolute Gasteiger partial charge is 0.144 e. The Morgan fingerprint density at radius 1 is 0.909 bits per heavy atom. The normalized spacial score (nSPS) is 34.7. The monoisotopic (exact) mass is 299 g/mol. The number of aliphatic hydroxyl groups excluding tert-OH is 2. The Labute approximate surface area is 130 Å². The fourth-order valence-corrected chi connectivity index (χ4v) is 3.45. The van der Waals surface area contributed by atoms with Crippen LogP contribution < -0.4 is 0 Å². The number of aliphatic hydroxyl groups is 2. The van der Waals surface area contributed by atoms with Crippen molar-refractivity contribution in [3.8, 4) is 0 Å². The molecule has 3 rings (SSSR count). The molecule has 2 aromatic rings. The van der Waals surface area contributed by atoms with Gasteiger partial charge in [-0.3, -0.25) is 0 Å². The molecule has 1 aliphatic heterocycles. The predicted molar refractivity (Wildman–Crippen MR) is 84.4 cm³/mol. The summed E-state index contributed by atoms with van der Waals surface area (Å²) in [5.74, 6) is 0. The summed E-state index contributed by atoms with van der Waals surface area (Å²) in [6.45, 7) is 1.95. The zero-order valence-corrected chi connectivity index (χ0v) is 12.5. The molecule has 116 valence electrons. The Balaban J connectivity index is 2.01. The maximum absolute atomic E-state index is 13.6. The van der Waals surface area contributed by atoms with Crippen LogP contribution in [0.2, 0.25) is 0 Å².